The molecule has 0 aliphatic rings. The third-order valence-corrected chi connectivity index (χ3v) is 3.75. The second kappa shape index (κ2) is 9.78. The second-order valence-corrected chi connectivity index (χ2v) is 7.77. The lowest BCUT2D eigenvalue weighted by Gasteiger charge is -2.19. The van der Waals surface area contributed by atoms with E-state index in [0.717, 1.165) is 5.69 Å². The number of carbonyl (C=O) groups is 3. The van der Waals surface area contributed by atoms with Gasteiger partial charge in [0.15, 0.2) is 6.61 Å². The number of carbonyl (C=O) groups excluding carboxylic acids is 3. The molecule has 30 heavy (non-hydrogen) atoms. The molecule has 0 unspecified atom stereocenters. The summed E-state index contributed by atoms with van der Waals surface area (Å²) in [5.74, 6) is -1.13. The first kappa shape index (κ1) is 22.7. The lowest BCUT2D eigenvalue weighted by molar-refractivity contribution is -0.119. The molecule has 0 aliphatic heterocycles. The Labute approximate surface area is 176 Å². The van der Waals surface area contributed by atoms with Gasteiger partial charge in [0.2, 0.25) is 0 Å². The molecule has 8 nitrogen and oxygen atoms in total. The molecule has 2 aromatic rings. The van der Waals surface area contributed by atoms with Gasteiger partial charge in [0.1, 0.15) is 5.60 Å². The van der Waals surface area contributed by atoms with Gasteiger partial charge in [-0.3, -0.25) is 10.1 Å². The molecule has 160 valence electrons. The zero-order chi connectivity index (χ0) is 22.3. The second-order valence-electron chi connectivity index (χ2n) is 7.77. The average Bonchev–Trinajstić information content (AvgIpc) is 2.65. The van der Waals surface area contributed by atoms with E-state index in [1.165, 1.54) is 12.1 Å². The number of ether oxygens (including phenoxy) is 2. The van der Waals surface area contributed by atoms with Gasteiger partial charge in [-0.15, -0.1) is 0 Å². The first-order valence-electron chi connectivity index (χ1n) is 9.38. The van der Waals surface area contributed by atoms with Gasteiger partial charge in [0.05, 0.1) is 5.56 Å². The molecular formula is C22H27N3O5. The molecule has 0 saturated carbocycles. The highest BCUT2D eigenvalue weighted by Gasteiger charge is 2.17. The van der Waals surface area contributed by atoms with Crippen molar-refractivity contribution in [3.8, 4) is 0 Å². The minimum absolute atomic E-state index is 0.201. The highest BCUT2D eigenvalue weighted by Crippen LogP contribution is 2.16. The average molecular weight is 413 g/mol. The van der Waals surface area contributed by atoms with E-state index in [1.807, 2.05) is 31.1 Å². The van der Waals surface area contributed by atoms with E-state index < -0.39 is 30.2 Å². The molecule has 0 bridgehead atoms. The van der Waals surface area contributed by atoms with Crippen molar-refractivity contribution in [2.75, 3.05) is 36.2 Å². The molecule has 2 N–H and O–H groups in total. The molecule has 0 atom stereocenters. The number of nitrogens with one attached hydrogen (secondary N) is 2. The van der Waals surface area contributed by atoms with Crippen molar-refractivity contribution in [1.82, 2.24) is 0 Å². The zero-order valence-corrected chi connectivity index (χ0v) is 17.8. The molecule has 0 aliphatic carbocycles. The molecule has 0 aromatic heterocycles. The first-order chi connectivity index (χ1) is 14.0. The van der Waals surface area contributed by atoms with Gasteiger partial charge >= 0.3 is 12.1 Å². The molecule has 0 fully saturated rings. The van der Waals surface area contributed by atoms with Gasteiger partial charge in [-0.2, -0.15) is 0 Å². The SMILES string of the molecule is CN(C)c1ccc(NC(=O)COC(=O)c2cccc(NC(=O)OC(C)(C)C)c2)cc1. The van der Waals surface area contributed by atoms with E-state index in [2.05, 4.69) is 10.6 Å². The van der Waals surface area contributed by atoms with Crippen LogP contribution in [0.4, 0.5) is 21.9 Å². The van der Waals surface area contributed by atoms with Gasteiger partial charge < -0.3 is 19.7 Å². The predicted molar refractivity (Wildman–Crippen MR) is 116 cm³/mol. The summed E-state index contributed by atoms with van der Waals surface area (Å²) in [5.41, 5.74) is 1.54. The highest BCUT2D eigenvalue weighted by molar-refractivity contribution is 5.96. The van der Waals surface area contributed by atoms with Crippen molar-refractivity contribution in [3.05, 3.63) is 54.1 Å². The monoisotopic (exact) mass is 413 g/mol. The van der Waals surface area contributed by atoms with Crippen molar-refractivity contribution >= 4 is 35.0 Å². The summed E-state index contributed by atoms with van der Waals surface area (Å²) >= 11 is 0. The Morgan fingerprint density at radius 2 is 1.60 bits per heavy atom. The predicted octanol–water partition coefficient (Wildman–Crippen LogP) is 3.90. The third kappa shape index (κ3) is 7.46. The summed E-state index contributed by atoms with van der Waals surface area (Å²) in [6.45, 7) is 4.82. The fourth-order valence-electron chi connectivity index (χ4n) is 2.40. The van der Waals surface area contributed by atoms with Crippen LogP contribution >= 0.6 is 0 Å². The van der Waals surface area contributed by atoms with Crippen molar-refractivity contribution in [2.45, 2.75) is 26.4 Å². The van der Waals surface area contributed by atoms with Crippen LogP contribution in [0.1, 0.15) is 31.1 Å². The Morgan fingerprint density at radius 1 is 0.933 bits per heavy atom. The van der Waals surface area contributed by atoms with Crippen LogP contribution in [0.5, 0.6) is 0 Å². The Balaban J connectivity index is 1.88. The lowest BCUT2D eigenvalue weighted by atomic mass is 10.2. The maximum absolute atomic E-state index is 12.2. The maximum Gasteiger partial charge on any atom is 0.412 e. The summed E-state index contributed by atoms with van der Waals surface area (Å²) in [6.07, 6.45) is -0.632. The first-order valence-corrected chi connectivity index (χ1v) is 9.38. The molecule has 2 rings (SSSR count). The smallest absolute Gasteiger partial charge is 0.412 e. The van der Waals surface area contributed by atoms with E-state index in [9.17, 15) is 14.4 Å². The van der Waals surface area contributed by atoms with Crippen molar-refractivity contribution < 1.29 is 23.9 Å². The highest BCUT2D eigenvalue weighted by atomic mass is 16.6. The number of nitrogens with zero attached hydrogens (tertiary/aromatic N) is 1. The van der Waals surface area contributed by atoms with Gasteiger partial charge in [-0.05, 0) is 63.2 Å². The van der Waals surface area contributed by atoms with Crippen LogP contribution in [0.2, 0.25) is 0 Å². The van der Waals surface area contributed by atoms with Crippen LogP contribution in [-0.2, 0) is 14.3 Å². The van der Waals surface area contributed by atoms with Gasteiger partial charge in [0.25, 0.3) is 5.91 Å². The minimum atomic E-state index is -0.680. The number of rotatable bonds is 6. The molecule has 0 spiro atoms. The van der Waals surface area contributed by atoms with Crippen LogP contribution < -0.4 is 15.5 Å². The summed E-state index contributed by atoms with van der Waals surface area (Å²) in [7, 11) is 3.84. The number of hydrogen-bond acceptors (Lipinski definition) is 6. The topological polar surface area (TPSA) is 97.0 Å². The zero-order valence-electron chi connectivity index (χ0n) is 17.8. The molecular weight excluding hydrogens is 386 g/mol. The molecule has 0 heterocycles. The minimum Gasteiger partial charge on any atom is -0.452 e. The number of esters is 1. The van der Waals surface area contributed by atoms with Gasteiger partial charge in [-0.25, -0.2) is 9.59 Å². The van der Waals surface area contributed by atoms with Gasteiger partial charge in [0, 0.05) is 31.2 Å². The van der Waals surface area contributed by atoms with Crippen LogP contribution in [0.25, 0.3) is 0 Å². The fourth-order valence-corrected chi connectivity index (χ4v) is 2.40. The molecule has 2 amide bonds. The number of anilines is 3. The largest absolute Gasteiger partial charge is 0.452 e. The summed E-state index contributed by atoms with van der Waals surface area (Å²) < 4.78 is 10.2. The van der Waals surface area contributed by atoms with Crippen molar-refractivity contribution in [2.24, 2.45) is 0 Å². The molecule has 0 radical (unpaired) electrons. The van der Waals surface area contributed by atoms with Crippen LogP contribution in [-0.4, -0.2) is 44.3 Å². The Hall–Kier alpha value is -3.55. The van der Waals surface area contributed by atoms with Crippen LogP contribution in [0, 0.1) is 0 Å². The molecule has 2 aromatic carbocycles. The standard InChI is InChI=1S/C22H27N3O5/c1-22(2,3)30-21(28)24-17-8-6-7-15(13-17)20(27)29-14-19(26)23-16-9-11-18(12-10-16)25(4)5/h6-13H,14H2,1-5H3,(H,23,26)(H,24,28). The Morgan fingerprint density at radius 3 is 2.20 bits per heavy atom. The normalized spacial score (nSPS) is 10.7. The lowest BCUT2D eigenvalue weighted by Crippen LogP contribution is -2.27. The van der Waals surface area contributed by atoms with Gasteiger partial charge in [-0.1, -0.05) is 6.07 Å². The van der Waals surface area contributed by atoms with Crippen LogP contribution in [0.3, 0.4) is 0 Å². The summed E-state index contributed by atoms with van der Waals surface area (Å²) in [4.78, 5) is 38.1. The Bertz CT molecular complexity index is 902. The summed E-state index contributed by atoms with van der Waals surface area (Å²) in [6, 6.07) is 13.4. The third-order valence-electron chi connectivity index (χ3n) is 3.75. The van der Waals surface area contributed by atoms with E-state index in [-0.39, 0.29) is 5.56 Å². The van der Waals surface area contributed by atoms with E-state index in [4.69, 9.17) is 9.47 Å². The fraction of sp³-hybridized carbons (Fsp3) is 0.318. The van der Waals surface area contributed by atoms with Crippen LogP contribution in [0.15, 0.2) is 48.5 Å². The van der Waals surface area contributed by atoms with Crippen molar-refractivity contribution in [3.63, 3.8) is 0 Å². The van der Waals surface area contributed by atoms with E-state index in [0.29, 0.717) is 11.4 Å². The number of hydrogen-bond donors (Lipinski definition) is 2. The van der Waals surface area contributed by atoms with E-state index in [1.54, 1.807) is 45.0 Å². The number of benzene rings is 2. The summed E-state index contributed by atoms with van der Waals surface area (Å²) in [5, 5.41) is 5.22. The number of amides is 2. The van der Waals surface area contributed by atoms with E-state index >= 15 is 0 Å². The molecule has 8 heteroatoms. The maximum atomic E-state index is 12.2. The molecule has 0 saturated heterocycles. The van der Waals surface area contributed by atoms with Crippen molar-refractivity contribution in [1.29, 1.82) is 0 Å². The quantitative estimate of drug-likeness (QED) is 0.698. The Kier molecular flexibility index (Phi) is 7.41.